The molecule has 2 nitrogen and oxygen atoms in total. The maximum absolute atomic E-state index is 13.6. The van der Waals surface area contributed by atoms with E-state index in [0.29, 0.717) is 23.3 Å². The number of hydrogen-bond acceptors (Lipinski definition) is 2. The predicted octanol–water partition coefficient (Wildman–Crippen LogP) is 9.00. The third-order valence-electron chi connectivity index (χ3n) is 7.14. The van der Waals surface area contributed by atoms with Gasteiger partial charge in [-0.25, -0.2) is 8.78 Å². The molecule has 1 aliphatic rings. The van der Waals surface area contributed by atoms with Crippen LogP contribution in [0.2, 0.25) is 0 Å². The van der Waals surface area contributed by atoms with Crippen LogP contribution in [-0.2, 0) is 0 Å². The van der Waals surface area contributed by atoms with Crippen LogP contribution in [0.15, 0.2) is 48.6 Å². The molecule has 2 aromatic rings. The largest absolute Gasteiger partial charge is 0.503 e. The van der Waals surface area contributed by atoms with Crippen molar-refractivity contribution in [1.82, 2.24) is 5.32 Å². The fourth-order valence-electron chi connectivity index (χ4n) is 4.54. The molecule has 194 valence electrons. The number of nitrogens with one attached hydrogen (secondary N) is 1. The smallest absolute Gasteiger partial charge is 0.187 e. The molecule has 1 atom stereocenters. The summed E-state index contributed by atoms with van der Waals surface area (Å²) in [6.45, 7) is 7.89. The second-order valence-corrected chi connectivity index (χ2v) is 9.96. The van der Waals surface area contributed by atoms with Crippen LogP contribution in [0.1, 0.15) is 90.0 Å². The Morgan fingerprint density at radius 1 is 0.943 bits per heavy atom. The number of halogens is 2. The molecule has 1 unspecified atom stereocenters. The average molecular weight is 486 g/mol. The molecule has 4 heteroatoms. The van der Waals surface area contributed by atoms with Gasteiger partial charge < -0.3 is 10.4 Å². The Morgan fingerprint density at radius 3 is 2.11 bits per heavy atom. The van der Waals surface area contributed by atoms with E-state index in [-0.39, 0.29) is 0 Å². The maximum Gasteiger partial charge on any atom is 0.187 e. The highest BCUT2D eigenvalue weighted by Gasteiger charge is 2.21. The molecule has 1 fully saturated rings. The number of phenols is 1. The summed E-state index contributed by atoms with van der Waals surface area (Å²) in [6.07, 6.45) is 16.2. The molecule has 1 saturated carbocycles. The lowest BCUT2D eigenvalue weighted by Gasteiger charge is -2.27. The lowest BCUT2D eigenvalue weighted by molar-refractivity contribution is 0.374. The van der Waals surface area contributed by atoms with E-state index in [0.717, 1.165) is 5.56 Å². The summed E-state index contributed by atoms with van der Waals surface area (Å²) in [7, 11) is 2.01. The SMILES string of the molecule is CCC(C)/C=C/C1CCC(c2ccc(-c3cc(F)c(O)c(F)c3)cc2)CC1.CCCCCCNC. The maximum atomic E-state index is 13.6. The summed E-state index contributed by atoms with van der Waals surface area (Å²) >= 11 is 0. The first-order valence-electron chi connectivity index (χ1n) is 13.5. The molecule has 1 aliphatic carbocycles. The quantitative estimate of drug-likeness (QED) is 0.260. The Kier molecular flexibility index (Phi) is 13.0. The molecule has 0 radical (unpaired) electrons. The van der Waals surface area contributed by atoms with E-state index in [1.807, 2.05) is 19.2 Å². The van der Waals surface area contributed by atoms with Gasteiger partial charge in [0.1, 0.15) is 0 Å². The van der Waals surface area contributed by atoms with Gasteiger partial charge in [-0.05, 0) is 92.3 Å². The van der Waals surface area contributed by atoms with Gasteiger partial charge >= 0.3 is 0 Å². The molecular weight excluding hydrogens is 440 g/mol. The zero-order valence-electron chi connectivity index (χ0n) is 22.1. The summed E-state index contributed by atoms with van der Waals surface area (Å²) in [5.41, 5.74) is 2.48. The van der Waals surface area contributed by atoms with Crippen LogP contribution in [0.4, 0.5) is 8.78 Å². The van der Waals surface area contributed by atoms with Crippen molar-refractivity contribution in [2.24, 2.45) is 11.8 Å². The Morgan fingerprint density at radius 2 is 1.57 bits per heavy atom. The van der Waals surface area contributed by atoms with Crippen molar-refractivity contribution < 1.29 is 13.9 Å². The zero-order chi connectivity index (χ0) is 25.6. The fourth-order valence-corrected chi connectivity index (χ4v) is 4.54. The van der Waals surface area contributed by atoms with E-state index in [1.54, 1.807) is 0 Å². The van der Waals surface area contributed by atoms with Crippen LogP contribution < -0.4 is 5.32 Å². The fraction of sp³-hybridized carbons (Fsp3) is 0.548. The minimum Gasteiger partial charge on any atom is -0.503 e. The van der Waals surface area contributed by atoms with Gasteiger partial charge in [0.15, 0.2) is 17.4 Å². The van der Waals surface area contributed by atoms with Crippen LogP contribution in [0.5, 0.6) is 5.75 Å². The summed E-state index contributed by atoms with van der Waals surface area (Å²) in [4.78, 5) is 0. The molecule has 0 bridgehead atoms. The molecule has 35 heavy (non-hydrogen) atoms. The molecule has 0 aromatic heterocycles. The van der Waals surface area contributed by atoms with Gasteiger partial charge in [0.25, 0.3) is 0 Å². The summed E-state index contributed by atoms with van der Waals surface area (Å²) in [5, 5.41) is 12.4. The van der Waals surface area contributed by atoms with Crippen molar-refractivity contribution in [3.05, 3.63) is 65.7 Å². The second kappa shape index (κ2) is 15.7. The van der Waals surface area contributed by atoms with Gasteiger partial charge in [0.05, 0.1) is 0 Å². The molecule has 0 amide bonds. The van der Waals surface area contributed by atoms with E-state index < -0.39 is 17.4 Å². The lowest BCUT2D eigenvalue weighted by atomic mass is 9.78. The lowest BCUT2D eigenvalue weighted by Crippen LogP contribution is -2.12. The highest BCUT2D eigenvalue weighted by molar-refractivity contribution is 5.65. The number of rotatable bonds is 10. The summed E-state index contributed by atoms with van der Waals surface area (Å²) in [6, 6.07) is 10.3. The minimum atomic E-state index is -0.933. The Bertz CT molecular complexity index is 856. The van der Waals surface area contributed by atoms with Gasteiger partial charge in [-0.3, -0.25) is 0 Å². The van der Waals surface area contributed by atoms with Crippen LogP contribution in [0, 0.1) is 23.5 Å². The molecule has 0 aliphatic heterocycles. The normalized spacial score (nSPS) is 18.8. The van der Waals surface area contributed by atoms with Gasteiger partial charge in [-0.2, -0.15) is 0 Å². The van der Waals surface area contributed by atoms with Crippen molar-refractivity contribution in [2.45, 2.75) is 84.5 Å². The summed E-state index contributed by atoms with van der Waals surface area (Å²) in [5.74, 6) is -0.881. The number of unbranched alkanes of at least 4 members (excludes halogenated alkanes) is 3. The molecule has 2 N–H and O–H groups in total. The third-order valence-corrected chi connectivity index (χ3v) is 7.14. The monoisotopic (exact) mass is 485 g/mol. The first-order valence-corrected chi connectivity index (χ1v) is 13.5. The predicted molar refractivity (Wildman–Crippen MR) is 145 cm³/mol. The van der Waals surface area contributed by atoms with E-state index >= 15 is 0 Å². The second-order valence-electron chi connectivity index (χ2n) is 9.96. The first kappa shape index (κ1) is 29.0. The van der Waals surface area contributed by atoms with Crippen molar-refractivity contribution in [2.75, 3.05) is 13.6 Å². The molecule has 0 saturated heterocycles. The van der Waals surface area contributed by atoms with Gasteiger partial charge in [-0.15, -0.1) is 0 Å². The van der Waals surface area contributed by atoms with Gasteiger partial charge in [0.2, 0.25) is 0 Å². The van der Waals surface area contributed by atoms with Gasteiger partial charge in [0, 0.05) is 0 Å². The zero-order valence-corrected chi connectivity index (χ0v) is 22.1. The van der Waals surface area contributed by atoms with E-state index in [4.69, 9.17) is 0 Å². The third kappa shape index (κ3) is 9.76. The number of allylic oxidation sites excluding steroid dienone is 2. The van der Waals surface area contributed by atoms with Crippen molar-refractivity contribution in [3.63, 3.8) is 0 Å². The van der Waals surface area contributed by atoms with E-state index in [1.165, 1.54) is 82.0 Å². The molecular formula is C31H45F2NO. The highest BCUT2D eigenvalue weighted by Crippen LogP contribution is 2.37. The summed E-state index contributed by atoms with van der Waals surface area (Å²) < 4.78 is 27.1. The molecule has 0 spiro atoms. The van der Waals surface area contributed by atoms with Gasteiger partial charge in [-0.1, -0.05) is 82.9 Å². The number of benzene rings is 2. The van der Waals surface area contributed by atoms with Crippen molar-refractivity contribution >= 4 is 0 Å². The van der Waals surface area contributed by atoms with Crippen LogP contribution >= 0.6 is 0 Å². The number of phenolic OH excluding ortho intramolecular Hbond substituents is 1. The van der Waals surface area contributed by atoms with Crippen molar-refractivity contribution in [3.8, 4) is 16.9 Å². The number of hydrogen-bond donors (Lipinski definition) is 2. The minimum absolute atomic E-state index is 0.438. The van der Waals surface area contributed by atoms with Crippen molar-refractivity contribution in [1.29, 1.82) is 0 Å². The molecule has 3 rings (SSSR count). The first-order chi connectivity index (χ1) is 16.9. The Balaban J connectivity index is 0.000000466. The number of aromatic hydroxyl groups is 1. The Hall–Kier alpha value is -2.20. The average Bonchev–Trinajstić information content (AvgIpc) is 2.89. The van der Waals surface area contributed by atoms with Crippen LogP contribution in [0.25, 0.3) is 11.1 Å². The molecule has 0 heterocycles. The van der Waals surface area contributed by atoms with Crippen LogP contribution in [0.3, 0.4) is 0 Å². The van der Waals surface area contributed by atoms with E-state index in [2.05, 4.69) is 50.4 Å². The topological polar surface area (TPSA) is 32.3 Å². The Labute approximate surface area is 211 Å². The van der Waals surface area contributed by atoms with E-state index in [9.17, 15) is 13.9 Å². The standard InChI is InChI=1S/C24H28F2O.C7H17N/c1-3-16(2)4-5-17-6-8-18(9-7-17)19-10-12-20(13-11-19)21-14-22(25)24(27)23(26)15-21;1-3-4-5-6-7-8-2/h4-5,10-18,27H,3,6-9H2,1-2H3;8H,3-7H2,1-2H3/b5-4+;. The molecule has 2 aromatic carbocycles. The van der Waals surface area contributed by atoms with Crippen LogP contribution in [-0.4, -0.2) is 18.7 Å². The highest BCUT2D eigenvalue weighted by atomic mass is 19.1.